The molecule has 1 heterocycles. The van der Waals surface area contributed by atoms with Crippen molar-refractivity contribution in [2.24, 2.45) is 0 Å². The summed E-state index contributed by atoms with van der Waals surface area (Å²) in [6.45, 7) is 3.00. The second kappa shape index (κ2) is 8.31. The van der Waals surface area contributed by atoms with Gasteiger partial charge in [-0.3, -0.25) is 9.59 Å². The van der Waals surface area contributed by atoms with Crippen molar-refractivity contribution in [3.8, 4) is 11.5 Å². The fourth-order valence-electron chi connectivity index (χ4n) is 2.98. The monoisotopic (exact) mass is 383 g/mol. The van der Waals surface area contributed by atoms with Gasteiger partial charge in [-0.05, 0) is 57.4 Å². The lowest BCUT2D eigenvalue weighted by atomic mass is 10.1. The summed E-state index contributed by atoms with van der Waals surface area (Å²) in [5.41, 5.74) is 1.74. The Morgan fingerprint density at radius 3 is 2.75 bits per heavy atom. The molecule has 7 nitrogen and oxygen atoms in total. The third-order valence-corrected chi connectivity index (χ3v) is 4.53. The molecule has 28 heavy (non-hydrogen) atoms. The zero-order chi connectivity index (χ0) is 20.3. The number of methoxy groups -OCH3 is 1. The van der Waals surface area contributed by atoms with E-state index in [1.807, 2.05) is 19.0 Å². The standard InChI is InChI=1S/C21H25N3O4/c1-14-21(26)24(11-10-23(2)3)18-13-16(8-9-19(18)28-14)22-20(25)15-6-5-7-17(12-15)27-4/h5-9,12-14H,10-11H2,1-4H3,(H,22,25). The second-order valence-corrected chi connectivity index (χ2v) is 6.92. The molecule has 0 aliphatic carbocycles. The Bertz CT molecular complexity index is 882. The van der Waals surface area contributed by atoms with Crippen LogP contribution in [-0.2, 0) is 4.79 Å². The summed E-state index contributed by atoms with van der Waals surface area (Å²) in [5, 5.41) is 2.87. The van der Waals surface area contributed by atoms with Gasteiger partial charge in [-0.2, -0.15) is 0 Å². The molecule has 2 aromatic rings. The molecule has 0 saturated heterocycles. The first-order valence-electron chi connectivity index (χ1n) is 9.11. The lowest BCUT2D eigenvalue weighted by Gasteiger charge is -2.34. The first-order chi connectivity index (χ1) is 13.4. The SMILES string of the molecule is COc1cccc(C(=O)Nc2ccc3c(c2)N(CCN(C)C)C(=O)C(C)O3)c1. The Balaban J connectivity index is 1.84. The molecule has 1 aliphatic heterocycles. The smallest absolute Gasteiger partial charge is 0.267 e. The summed E-state index contributed by atoms with van der Waals surface area (Å²) in [6, 6.07) is 12.2. The Labute approximate surface area is 164 Å². The number of rotatable bonds is 6. The fraction of sp³-hybridized carbons (Fsp3) is 0.333. The van der Waals surface area contributed by atoms with Crippen LogP contribution in [0.4, 0.5) is 11.4 Å². The highest BCUT2D eigenvalue weighted by Crippen LogP contribution is 2.36. The molecule has 0 saturated carbocycles. The van der Waals surface area contributed by atoms with Gasteiger partial charge in [0.05, 0.1) is 12.8 Å². The van der Waals surface area contributed by atoms with Gasteiger partial charge in [0.15, 0.2) is 6.10 Å². The number of fused-ring (bicyclic) bond motifs is 1. The Kier molecular flexibility index (Phi) is 5.84. The van der Waals surface area contributed by atoms with Crippen LogP contribution in [0.2, 0.25) is 0 Å². The Morgan fingerprint density at radius 2 is 2.04 bits per heavy atom. The van der Waals surface area contributed by atoms with Crippen molar-refractivity contribution in [1.29, 1.82) is 0 Å². The van der Waals surface area contributed by atoms with Crippen molar-refractivity contribution in [2.45, 2.75) is 13.0 Å². The van der Waals surface area contributed by atoms with Crippen molar-refractivity contribution in [3.05, 3.63) is 48.0 Å². The number of nitrogens with one attached hydrogen (secondary N) is 1. The summed E-state index contributed by atoms with van der Waals surface area (Å²) in [4.78, 5) is 28.9. The summed E-state index contributed by atoms with van der Waals surface area (Å²) < 4.78 is 10.9. The molecule has 3 rings (SSSR count). The summed E-state index contributed by atoms with van der Waals surface area (Å²) in [7, 11) is 5.47. The van der Waals surface area contributed by atoms with Gasteiger partial charge in [0, 0.05) is 24.3 Å². The van der Waals surface area contributed by atoms with Crippen molar-refractivity contribution < 1.29 is 19.1 Å². The Hall–Kier alpha value is -3.06. The van der Waals surface area contributed by atoms with Crippen LogP contribution in [0.5, 0.6) is 11.5 Å². The molecule has 0 spiro atoms. The molecule has 7 heteroatoms. The second-order valence-electron chi connectivity index (χ2n) is 6.92. The normalized spacial score (nSPS) is 15.8. The number of anilines is 2. The number of hydrogen-bond donors (Lipinski definition) is 1. The predicted octanol–water partition coefficient (Wildman–Crippen LogP) is 2.62. The van der Waals surface area contributed by atoms with Crippen LogP contribution >= 0.6 is 0 Å². The average Bonchev–Trinajstić information content (AvgIpc) is 2.68. The number of hydrogen-bond acceptors (Lipinski definition) is 5. The van der Waals surface area contributed by atoms with Crippen LogP contribution in [0.15, 0.2) is 42.5 Å². The van der Waals surface area contributed by atoms with Crippen molar-refractivity contribution in [3.63, 3.8) is 0 Å². The molecule has 1 aliphatic rings. The quantitative estimate of drug-likeness (QED) is 0.830. The minimum atomic E-state index is -0.535. The zero-order valence-corrected chi connectivity index (χ0v) is 16.6. The Morgan fingerprint density at radius 1 is 1.25 bits per heavy atom. The number of carbonyl (C=O) groups excluding carboxylic acids is 2. The molecule has 2 amide bonds. The predicted molar refractivity (Wildman–Crippen MR) is 108 cm³/mol. The van der Waals surface area contributed by atoms with Crippen molar-refractivity contribution >= 4 is 23.2 Å². The van der Waals surface area contributed by atoms with Crippen LogP contribution in [-0.4, -0.2) is 57.1 Å². The van der Waals surface area contributed by atoms with Gasteiger partial charge in [-0.1, -0.05) is 6.07 Å². The average molecular weight is 383 g/mol. The van der Waals surface area contributed by atoms with E-state index in [4.69, 9.17) is 9.47 Å². The molecule has 1 N–H and O–H groups in total. The van der Waals surface area contributed by atoms with Crippen molar-refractivity contribution in [1.82, 2.24) is 4.90 Å². The first-order valence-corrected chi connectivity index (χ1v) is 9.11. The lowest BCUT2D eigenvalue weighted by molar-refractivity contribution is -0.125. The van der Waals surface area contributed by atoms with Crippen LogP contribution in [0.1, 0.15) is 17.3 Å². The number of likely N-dealkylation sites (N-methyl/N-ethyl adjacent to an activating group) is 1. The maximum absolute atomic E-state index is 12.6. The van der Waals surface area contributed by atoms with Crippen LogP contribution in [0, 0.1) is 0 Å². The summed E-state index contributed by atoms with van der Waals surface area (Å²) in [6.07, 6.45) is -0.535. The van der Waals surface area contributed by atoms with Gasteiger partial charge in [0.25, 0.3) is 11.8 Å². The molecular formula is C21H25N3O4. The van der Waals surface area contributed by atoms with Crippen LogP contribution in [0.25, 0.3) is 0 Å². The molecule has 148 valence electrons. The largest absolute Gasteiger partial charge is 0.497 e. The first kappa shape index (κ1) is 19.7. The van der Waals surface area contributed by atoms with Crippen molar-refractivity contribution in [2.75, 3.05) is 44.5 Å². The molecule has 0 bridgehead atoms. The maximum atomic E-state index is 12.6. The molecule has 0 radical (unpaired) electrons. The van der Waals surface area contributed by atoms with E-state index in [0.717, 1.165) is 6.54 Å². The summed E-state index contributed by atoms with van der Waals surface area (Å²) >= 11 is 0. The number of nitrogens with zero attached hydrogens (tertiary/aromatic N) is 2. The fourth-order valence-corrected chi connectivity index (χ4v) is 2.98. The van der Waals surface area contributed by atoms with Crippen LogP contribution in [0.3, 0.4) is 0 Å². The highest BCUT2D eigenvalue weighted by molar-refractivity contribution is 6.06. The highest BCUT2D eigenvalue weighted by atomic mass is 16.5. The van der Waals surface area contributed by atoms with E-state index >= 15 is 0 Å². The number of carbonyl (C=O) groups is 2. The van der Waals surface area contributed by atoms with E-state index in [1.54, 1.807) is 61.4 Å². The highest BCUT2D eigenvalue weighted by Gasteiger charge is 2.31. The third kappa shape index (κ3) is 4.26. The van der Waals surface area contributed by atoms with E-state index < -0.39 is 6.10 Å². The van der Waals surface area contributed by atoms with Gasteiger partial charge < -0.3 is 24.6 Å². The maximum Gasteiger partial charge on any atom is 0.267 e. The van der Waals surface area contributed by atoms with E-state index in [-0.39, 0.29) is 11.8 Å². The number of amides is 2. The van der Waals surface area contributed by atoms with Gasteiger partial charge in [0.2, 0.25) is 0 Å². The minimum Gasteiger partial charge on any atom is -0.497 e. The van der Waals surface area contributed by atoms with E-state index in [0.29, 0.717) is 35.0 Å². The molecule has 1 atom stereocenters. The molecule has 1 unspecified atom stereocenters. The minimum absolute atomic E-state index is 0.0920. The van der Waals surface area contributed by atoms with Crippen LogP contribution < -0.4 is 19.7 Å². The number of benzene rings is 2. The third-order valence-electron chi connectivity index (χ3n) is 4.53. The molecular weight excluding hydrogens is 358 g/mol. The van der Waals surface area contributed by atoms with E-state index in [2.05, 4.69) is 5.32 Å². The number of ether oxygens (including phenoxy) is 2. The van der Waals surface area contributed by atoms with Gasteiger partial charge in [-0.15, -0.1) is 0 Å². The lowest BCUT2D eigenvalue weighted by Crippen LogP contribution is -2.46. The van der Waals surface area contributed by atoms with Gasteiger partial charge >= 0.3 is 0 Å². The topological polar surface area (TPSA) is 71.1 Å². The molecule has 2 aromatic carbocycles. The van der Waals surface area contributed by atoms with Gasteiger partial charge in [0.1, 0.15) is 11.5 Å². The van der Waals surface area contributed by atoms with E-state index in [1.165, 1.54) is 0 Å². The summed E-state index contributed by atoms with van der Waals surface area (Å²) in [5.74, 6) is 0.895. The zero-order valence-electron chi connectivity index (χ0n) is 16.6. The molecule has 0 fully saturated rings. The van der Waals surface area contributed by atoms with E-state index in [9.17, 15) is 9.59 Å². The molecule has 0 aromatic heterocycles. The van der Waals surface area contributed by atoms with Gasteiger partial charge in [-0.25, -0.2) is 0 Å².